The molecule has 106 valence electrons. The molecule has 0 amide bonds. The first-order valence-corrected chi connectivity index (χ1v) is 7.55. The molecule has 0 bridgehead atoms. The summed E-state index contributed by atoms with van der Waals surface area (Å²) in [5.41, 5.74) is 0. The Morgan fingerprint density at radius 3 is 2.67 bits per heavy atom. The summed E-state index contributed by atoms with van der Waals surface area (Å²) in [7, 11) is 0. The number of carboxylic acid groups (broad SMARTS) is 1. The SMILES string of the molecule is CCCCC(CC)CN1CCC(C(=O)O)CC1C. The third-order valence-electron chi connectivity index (χ3n) is 4.40. The maximum absolute atomic E-state index is 11.0. The number of nitrogens with zero attached hydrogens (tertiary/aromatic N) is 1. The van der Waals surface area contributed by atoms with Crippen LogP contribution < -0.4 is 0 Å². The van der Waals surface area contributed by atoms with Crippen molar-refractivity contribution in [2.75, 3.05) is 13.1 Å². The van der Waals surface area contributed by atoms with Gasteiger partial charge in [-0.2, -0.15) is 0 Å². The third kappa shape index (κ3) is 4.60. The number of hydrogen-bond donors (Lipinski definition) is 1. The van der Waals surface area contributed by atoms with Crippen LogP contribution in [0.1, 0.15) is 59.3 Å². The molecule has 1 aliphatic rings. The van der Waals surface area contributed by atoms with E-state index in [1.807, 2.05) is 0 Å². The van der Waals surface area contributed by atoms with Gasteiger partial charge < -0.3 is 10.0 Å². The standard InChI is InChI=1S/C15H29NO2/c1-4-6-7-13(5-2)11-16-9-8-14(15(17)18)10-12(16)3/h12-14H,4-11H2,1-3H3,(H,17,18). The maximum atomic E-state index is 11.0. The number of hydrogen-bond acceptors (Lipinski definition) is 2. The van der Waals surface area contributed by atoms with Gasteiger partial charge in [-0.3, -0.25) is 4.79 Å². The van der Waals surface area contributed by atoms with Gasteiger partial charge in [0.25, 0.3) is 0 Å². The van der Waals surface area contributed by atoms with E-state index in [0.29, 0.717) is 6.04 Å². The first kappa shape index (κ1) is 15.5. The van der Waals surface area contributed by atoms with Crippen molar-refractivity contribution in [3.05, 3.63) is 0 Å². The molecule has 3 atom stereocenters. The number of piperidine rings is 1. The van der Waals surface area contributed by atoms with Crippen LogP contribution in [0.4, 0.5) is 0 Å². The minimum absolute atomic E-state index is 0.119. The molecule has 18 heavy (non-hydrogen) atoms. The molecule has 1 aliphatic heterocycles. The molecule has 0 radical (unpaired) electrons. The fourth-order valence-corrected chi connectivity index (χ4v) is 2.97. The molecule has 1 N–H and O–H groups in total. The number of carbonyl (C=O) groups is 1. The van der Waals surface area contributed by atoms with Crippen LogP contribution >= 0.6 is 0 Å². The van der Waals surface area contributed by atoms with Crippen LogP contribution in [-0.2, 0) is 4.79 Å². The third-order valence-corrected chi connectivity index (χ3v) is 4.40. The predicted octanol–water partition coefficient (Wildman–Crippen LogP) is 3.39. The van der Waals surface area contributed by atoms with E-state index in [1.54, 1.807) is 0 Å². The number of rotatable bonds is 7. The number of likely N-dealkylation sites (tertiary alicyclic amines) is 1. The predicted molar refractivity (Wildman–Crippen MR) is 74.7 cm³/mol. The zero-order valence-corrected chi connectivity index (χ0v) is 12.2. The van der Waals surface area contributed by atoms with E-state index in [-0.39, 0.29) is 5.92 Å². The van der Waals surface area contributed by atoms with E-state index in [9.17, 15) is 4.79 Å². The highest BCUT2D eigenvalue weighted by Crippen LogP contribution is 2.25. The van der Waals surface area contributed by atoms with Gasteiger partial charge in [0.1, 0.15) is 0 Å². The molecule has 0 aromatic carbocycles. The number of carboxylic acids is 1. The van der Waals surface area contributed by atoms with Crippen LogP contribution in [0.2, 0.25) is 0 Å². The molecule has 0 aliphatic carbocycles. The lowest BCUT2D eigenvalue weighted by molar-refractivity contribution is -0.144. The Hall–Kier alpha value is -0.570. The van der Waals surface area contributed by atoms with Crippen LogP contribution in [0, 0.1) is 11.8 Å². The first-order valence-electron chi connectivity index (χ1n) is 7.55. The summed E-state index contributed by atoms with van der Waals surface area (Å²) in [5.74, 6) is 0.0558. The fourth-order valence-electron chi connectivity index (χ4n) is 2.97. The van der Waals surface area contributed by atoms with E-state index in [1.165, 1.54) is 25.7 Å². The van der Waals surface area contributed by atoms with E-state index in [2.05, 4.69) is 25.7 Å². The van der Waals surface area contributed by atoms with E-state index in [0.717, 1.165) is 31.8 Å². The van der Waals surface area contributed by atoms with Crippen molar-refractivity contribution in [1.29, 1.82) is 0 Å². The second kappa shape index (κ2) is 7.78. The Labute approximate surface area is 112 Å². The van der Waals surface area contributed by atoms with Gasteiger partial charge in [-0.05, 0) is 38.6 Å². The maximum Gasteiger partial charge on any atom is 0.306 e. The second-order valence-corrected chi connectivity index (χ2v) is 5.82. The summed E-state index contributed by atoms with van der Waals surface area (Å²) < 4.78 is 0. The largest absolute Gasteiger partial charge is 0.481 e. The van der Waals surface area contributed by atoms with Crippen LogP contribution in [0.25, 0.3) is 0 Å². The zero-order valence-electron chi connectivity index (χ0n) is 12.2. The van der Waals surface area contributed by atoms with Crippen molar-refractivity contribution < 1.29 is 9.90 Å². The highest BCUT2D eigenvalue weighted by atomic mass is 16.4. The Balaban J connectivity index is 2.40. The van der Waals surface area contributed by atoms with Crippen LogP contribution in [0.3, 0.4) is 0 Å². The molecule has 3 nitrogen and oxygen atoms in total. The van der Waals surface area contributed by atoms with Gasteiger partial charge in [-0.15, -0.1) is 0 Å². The average Bonchev–Trinajstić information content (AvgIpc) is 2.35. The van der Waals surface area contributed by atoms with Gasteiger partial charge in [-0.25, -0.2) is 0 Å². The quantitative estimate of drug-likeness (QED) is 0.758. The van der Waals surface area contributed by atoms with E-state index >= 15 is 0 Å². The molecule has 3 heteroatoms. The van der Waals surface area contributed by atoms with Crippen molar-refractivity contribution in [3.63, 3.8) is 0 Å². The van der Waals surface area contributed by atoms with Gasteiger partial charge >= 0.3 is 5.97 Å². The molecule has 0 aromatic heterocycles. The monoisotopic (exact) mass is 255 g/mol. The summed E-state index contributed by atoms with van der Waals surface area (Å²) in [6.45, 7) is 8.81. The summed E-state index contributed by atoms with van der Waals surface area (Å²) in [4.78, 5) is 13.5. The van der Waals surface area contributed by atoms with Crippen molar-refractivity contribution in [1.82, 2.24) is 4.90 Å². The summed E-state index contributed by atoms with van der Waals surface area (Å²) in [6.07, 6.45) is 6.79. The smallest absolute Gasteiger partial charge is 0.306 e. The van der Waals surface area contributed by atoms with Crippen molar-refractivity contribution in [3.8, 4) is 0 Å². The molecule has 1 heterocycles. The highest BCUT2D eigenvalue weighted by molar-refractivity contribution is 5.70. The Morgan fingerprint density at radius 1 is 1.44 bits per heavy atom. The molecule has 0 saturated carbocycles. The van der Waals surface area contributed by atoms with Crippen molar-refractivity contribution in [2.24, 2.45) is 11.8 Å². The molecule has 0 aromatic rings. The van der Waals surface area contributed by atoms with Crippen LogP contribution in [0.15, 0.2) is 0 Å². The zero-order chi connectivity index (χ0) is 13.5. The van der Waals surface area contributed by atoms with Gasteiger partial charge in [0, 0.05) is 12.6 Å². The van der Waals surface area contributed by atoms with Crippen molar-refractivity contribution in [2.45, 2.75) is 65.3 Å². The van der Waals surface area contributed by atoms with E-state index in [4.69, 9.17) is 5.11 Å². The van der Waals surface area contributed by atoms with Gasteiger partial charge in [-0.1, -0.05) is 33.1 Å². The topological polar surface area (TPSA) is 40.5 Å². The highest BCUT2D eigenvalue weighted by Gasteiger charge is 2.30. The van der Waals surface area contributed by atoms with Gasteiger partial charge in [0.05, 0.1) is 5.92 Å². The van der Waals surface area contributed by atoms with Gasteiger partial charge in [0.2, 0.25) is 0 Å². The normalized spacial score (nSPS) is 27.1. The first-order chi connectivity index (χ1) is 8.58. The lowest BCUT2D eigenvalue weighted by atomic mass is 9.90. The molecular formula is C15H29NO2. The van der Waals surface area contributed by atoms with Crippen LogP contribution in [-0.4, -0.2) is 35.1 Å². The summed E-state index contributed by atoms with van der Waals surface area (Å²) >= 11 is 0. The molecule has 1 rings (SSSR count). The van der Waals surface area contributed by atoms with Crippen LogP contribution in [0.5, 0.6) is 0 Å². The molecule has 0 spiro atoms. The Bertz CT molecular complexity index is 255. The summed E-state index contributed by atoms with van der Waals surface area (Å²) in [6, 6.07) is 0.426. The second-order valence-electron chi connectivity index (χ2n) is 5.82. The number of unbranched alkanes of at least 4 members (excludes halogenated alkanes) is 1. The average molecular weight is 255 g/mol. The molecule has 3 unspecified atom stereocenters. The lowest BCUT2D eigenvalue weighted by Gasteiger charge is -2.38. The minimum Gasteiger partial charge on any atom is -0.481 e. The molecular weight excluding hydrogens is 226 g/mol. The van der Waals surface area contributed by atoms with Crippen molar-refractivity contribution >= 4 is 5.97 Å². The molecule has 1 fully saturated rings. The fraction of sp³-hybridized carbons (Fsp3) is 0.933. The van der Waals surface area contributed by atoms with E-state index < -0.39 is 5.97 Å². The Kier molecular flexibility index (Phi) is 6.69. The summed E-state index contributed by atoms with van der Waals surface area (Å²) in [5, 5.41) is 9.07. The lowest BCUT2D eigenvalue weighted by Crippen LogP contribution is -2.44. The minimum atomic E-state index is -0.612. The van der Waals surface area contributed by atoms with Gasteiger partial charge in [0.15, 0.2) is 0 Å². The Morgan fingerprint density at radius 2 is 2.17 bits per heavy atom. The molecule has 1 saturated heterocycles. The number of aliphatic carboxylic acids is 1.